The molecule has 2 heterocycles. The van der Waals surface area contributed by atoms with Crippen molar-refractivity contribution >= 4 is 5.82 Å². The highest BCUT2D eigenvalue weighted by Gasteiger charge is 2.19. The molecular weight excluding hydrogens is 228 g/mol. The molecule has 18 heavy (non-hydrogen) atoms. The van der Waals surface area contributed by atoms with E-state index in [1.165, 1.54) is 0 Å². The molecule has 1 aliphatic rings. The number of pyridine rings is 1. The first kappa shape index (κ1) is 12.8. The lowest BCUT2D eigenvalue weighted by atomic mass is 10.2. The molecule has 1 N–H and O–H groups in total. The summed E-state index contributed by atoms with van der Waals surface area (Å²) in [4.78, 5) is 6.56. The maximum Gasteiger partial charge on any atom is 0.156 e. The summed E-state index contributed by atoms with van der Waals surface area (Å²) in [5.74, 6) is 0.901. The lowest BCUT2D eigenvalue weighted by molar-refractivity contribution is -0.00272. The summed E-state index contributed by atoms with van der Waals surface area (Å²) in [6.07, 6.45) is 1.59. The van der Waals surface area contributed by atoms with Gasteiger partial charge in [0, 0.05) is 32.4 Å². The van der Waals surface area contributed by atoms with Crippen LogP contribution in [-0.4, -0.2) is 42.2 Å². The second kappa shape index (κ2) is 6.34. The normalized spacial score (nSPS) is 20.3. The SMILES string of the molecule is CCNc1ccc(CN2CCOC(C#N)C2)cn1. The summed E-state index contributed by atoms with van der Waals surface area (Å²) in [5.41, 5.74) is 1.16. The number of nitrogens with one attached hydrogen (secondary N) is 1. The summed E-state index contributed by atoms with van der Waals surface area (Å²) in [7, 11) is 0. The van der Waals surface area contributed by atoms with Crippen molar-refractivity contribution in [3.05, 3.63) is 23.9 Å². The van der Waals surface area contributed by atoms with Gasteiger partial charge in [0.2, 0.25) is 0 Å². The van der Waals surface area contributed by atoms with Crippen LogP contribution < -0.4 is 5.32 Å². The zero-order valence-electron chi connectivity index (χ0n) is 10.6. The summed E-state index contributed by atoms with van der Waals surface area (Å²) < 4.78 is 5.32. The highest BCUT2D eigenvalue weighted by Crippen LogP contribution is 2.11. The van der Waals surface area contributed by atoms with E-state index >= 15 is 0 Å². The molecule has 2 rings (SSSR count). The van der Waals surface area contributed by atoms with E-state index in [9.17, 15) is 0 Å². The highest BCUT2D eigenvalue weighted by atomic mass is 16.5. The van der Waals surface area contributed by atoms with Gasteiger partial charge < -0.3 is 10.1 Å². The van der Waals surface area contributed by atoms with Crippen LogP contribution in [0.25, 0.3) is 0 Å². The number of ether oxygens (including phenoxy) is 1. The molecule has 5 heteroatoms. The number of rotatable bonds is 4. The Bertz CT molecular complexity index is 412. The fourth-order valence-corrected chi connectivity index (χ4v) is 1.99. The Labute approximate surface area is 107 Å². The van der Waals surface area contributed by atoms with Crippen molar-refractivity contribution in [3.63, 3.8) is 0 Å². The van der Waals surface area contributed by atoms with Crippen LogP contribution in [-0.2, 0) is 11.3 Å². The maximum atomic E-state index is 8.85. The fourth-order valence-electron chi connectivity index (χ4n) is 1.99. The molecule has 1 atom stereocenters. The van der Waals surface area contributed by atoms with Gasteiger partial charge in [-0.1, -0.05) is 6.07 Å². The molecule has 1 fully saturated rings. The minimum Gasteiger partial charge on any atom is -0.370 e. The largest absolute Gasteiger partial charge is 0.370 e. The van der Waals surface area contributed by atoms with Crippen molar-refractivity contribution in [3.8, 4) is 6.07 Å². The molecule has 96 valence electrons. The minimum absolute atomic E-state index is 0.298. The van der Waals surface area contributed by atoms with Crippen molar-refractivity contribution in [2.24, 2.45) is 0 Å². The van der Waals surface area contributed by atoms with Crippen molar-refractivity contribution in [1.29, 1.82) is 5.26 Å². The average Bonchev–Trinajstić information content (AvgIpc) is 2.42. The predicted octanol–water partition coefficient (Wildman–Crippen LogP) is 1.24. The fraction of sp³-hybridized carbons (Fsp3) is 0.538. The lowest BCUT2D eigenvalue weighted by Crippen LogP contribution is -2.41. The van der Waals surface area contributed by atoms with E-state index in [4.69, 9.17) is 10.00 Å². The number of hydrogen-bond donors (Lipinski definition) is 1. The number of anilines is 1. The third-order valence-electron chi connectivity index (χ3n) is 2.88. The molecular formula is C13H18N4O. The number of aromatic nitrogens is 1. The molecule has 1 aliphatic heterocycles. The quantitative estimate of drug-likeness (QED) is 0.866. The molecule has 1 aromatic heterocycles. The van der Waals surface area contributed by atoms with Gasteiger partial charge in [-0.15, -0.1) is 0 Å². The Morgan fingerprint density at radius 2 is 2.50 bits per heavy atom. The van der Waals surface area contributed by atoms with Crippen molar-refractivity contribution in [2.75, 3.05) is 31.6 Å². The number of hydrogen-bond acceptors (Lipinski definition) is 5. The van der Waals surface area contributed by atoms with Gasteiger partial charge in [0.1, 0.15) is 5.82 Å². The standard InChI is InChI=1S/C13H18N4O/c1-2-15-13-4-3-11(8-16-13)9-17-5-6-18-12(7-14)10-17/h3-4,8,12H,2,5-6,9-10H2,1H3,(H,15,16). The van der Waals surface area contributed by atoms with Crippen molar-refractivity contribution < 1.29 is 4.74 Å². The lowest BCUT2D eigenvalue weighted by Gasteiger charge is -2.29. The molecule has 0 aromatic carbocycles. The summed E-state index contributed by atoms with van der Waals surface area (Å²) in [6.45, 7) is 5.91. The number of nitrogens with zero attached hydrogens (tertiary/aromatic N) is 3. The van der Waals surface area contributed by atoms with Crippen LogP contribution in [0.4, 0.5) is 5.82 Å². The molecule has 0 spiro atoms. The van der Waals surface area contributed by atoms with Crippen LogP contribution in [0.1, 0.15) is 12.5 Å². The van der Waals surface area contributed by atoms with Gasteiger partial charge in [0.25, 0.3) is 0 Å². The predicted molar refractivity (Wildman–Crippen MR) is 69.0 cm³/mol. The van der Waals surface area contributed by atoms with Gasteiger partial charge in [0.05, 0.1) is 12.7 Å². The molecule has 1 saturated heterocycles. The molecule has 0 radical (unpaired) electrons. The summed E-state index contributed by atoms with van der Waals surface area (Å²) in [6, 6.07) is 6.21. The van der Waals surface area contributed by atoms with Gasteiger partial charge >= 0.3 is 0 Å². The van der Waals surface area contributed by atoms with Crippen LogP contribution in [0.3, 0.4) is 0 Å². The van der Waals surface area contributed by atoms with Crippen LogP contribution in [0.15, 0.2) is 18.3 Å². The van der Waals surface area contributed by atoms with Gasteiger partial charge in [-0.2, -0.15) is 5.26 Å². The second-order valence-electron chi connectivity index (χ2n) is 4.31. The van der Waals surface area contributed by atoms with Crippen LogP contribution >= 0.6 is 0 Å². The molecule has 5 nitrogen and oxygen atoms in total. The second-order valence-corrected chi connectivity index (χ2v) is 4.31. The Kier molecular flexibility index (Phi) is 4.51. The average molecular weight is 246 g/mol. The Morgan fingerprint density at radius 3 is 3.17 bits per heavy atom. The van der Waals surface area contributed by atoms with Gasteiger partial charge in [-0.3, -0.25) is 4.90 Å². The van der Waals surface area contributed by atoms with E-state index in [1.807, 2.05) is 19.2 Å². The number of morpholine rings is 1. The van der Waals surface area contributed by atoms with Gasteiger partial charge in [0.15, 0.2) is 6.10 Å². The third-order valence-corrected chi connectivity index (χ3v) is 2.88. The van der Waals surface area contributed by atoms with Crippen LogP contribution in [0.5, 0.6) is 0 Å². The summed E-state index contributed by atoms with van der Waals surface area (Å²) >= 11 is 0. The van der Waals surface area contributed by atoms with Crippen molar-refractivity contribution in [2.45, 2.75) is 19.6 Å². The Balaban J connectivity index is 1.90. The van der Waals surface area contributed by atoms with E-state index in [0.29, 0.717) is 13.2 Å². The van der Waals surface area contributed by atoms with Gasteiger partial charge in [-0.05, 0) is 18.6 Å². The van der Waals surface area contributed by atoms with E-state index in [0.717, 1.165) is 31.0 Å². The molecule has 1 unspecified atom stereocenters. The van der Waals surface area contributed by atoms with E-state index in [2.05, 4.69) is 27.3 Å². The third kappa shape index (κ3) is 3.42. The zero-order valence-corrected chi connectivity index (χ0v) is 10.6. The van der Waals surface area contributed by atoms with Crippen LogP contribution in [0, 0.1) is 11.3 Å². The van der Waals surface area contributed by atoms with Crippen molar-refractivity contribution in [1.82, 2.24) is 9.88 Å². The van der Waals surface area contributed by atoms with Crippen LogP contribution in [0.2, 0.25) is 0 Å². The zero-order chi connectivity index (χ0) is 12.8. The molecule has 0 saturated carbocycles. The first-order chi connectivity index (χ1) is 8.81. The summed E-state index contributed by atoms with van der Waals surface area (Å²) in [5, 5.41) is 12.0. The first-order valence-electron chi connectivity index (χ1n) is 6.24. The smallest absolute Gasteiger partial charge is 0.156 e. The van der Waals surface area contributed by atoms with E-state index < -0.39 is 0 Å². The minimum atomic E-state index is -0.298. The molecule has 0 aliphatic carbocycles. The number of nitriles is 1. The maximum absolute atomic E-state index is 8.85. The Hall–Kier alpha value is -1.64. The molecule has 1 aromatic rings. The Morgan fingerprint density at radius 1 is 1.61 bits per heavy atom. The monoisotopic (exact) mass is 246 g/mol. The van der Waals surface area contributed by atoms with E-state index in [1.54, 1.807) is 0 Å². The highest BCUT2D eigenvalue weighted by molar-refractivity contribution is 5.35. The van der Waals surface area contributed by atoms with Gasteiger partial charge in [-0.25, -0.2) is 4.98 Å². The molecule has 0 bridgehead atoms. The van der Waals surface area contributed by atoms with E-state index in [-0.39, 0.29) is 6.10 Å². The topological polar surface area (TPSA) is 61.2 Å². The molecule has 0 amide bonds. The first-order valence-corrected chi connectivity index (χ1v) is 6.24.